The van der Waals surface area contributed by atoms with Gasteiger partial charge in [-0.3, -0.25) is 0 Å². The van der Waals surface area contributed by atoms with Crippen LogP contribution in [0.25, 0.3) is 0 Å². The first-order valence-electron chi connectivity index (χ1n) is 15.3. The van der Waals surface area contributed by atoms with E-state index in [-0.39, 0.29) is 0 Å². The van der Waals surface area contributed by atoms with Gasteiger partial charge in [-0.25, -0.2) is 4.98 Å². The number of hydrogen-bond donors (Lipinski definition) is 0. The molecule has 4 aromatic rings. The molecule has 1 fully saturated rings. The number of hydrogen-bond acceptors (Lipinski definition) is 8. The van der Waals surface area contributed by atoms with Crippen LogP contribution < -0.4 is 14.5 Å². The molecule has 0 aliphatic carbocycles. The molecule has 1 saturated heterocycles. The molecule has 0 bridgehead atoms. The zero-order valence-electron chi connectivity index (χ0n) is 25.6. The molecule has 0 amide bonds. The Bertz CT molecular complexity index is 1360. The van der Waals surface area contributed by atoms with E-state index in [4.69, 9.17) is 28.7 Å². The van der Waals surface area contributed by atoms with Crippen LogP contribution in [-0.4, -0.2) is 64.8 Å². The Morgan fingerprint density at radius 2 is 1.34 bits per heavy atom. The van der Waals surface area contributed by atoms with Crippen molar-refractivity contribution in [2.24, 2.45) is 0 Å². The van der Waals surface area contributed by atoms with Crippen molar-refractivity contribution in [1.82, 2.24) is 4.98 Å². The normalized spacial score (nSPS) is 13.2. The van der Waals surface area contributed by atoms with Crippen LogP contribution in [0.15, 0.2) is 97.2 Å². The Hall–Kier alpha value is -3.95. The van der Waals surface area contributed by atoms with Gasteiger partial charge in [0, 0.05) is 38.1 Å². The van der Waals surface area contributed by atoms with Crippen molar-refractivity contribution in [3.63, 3.8) is 0 Å². The minimum absolute atomic E-state index is 0.486. The van der Waals surface area contributed by atoms with Gasteiger partial charge in [0.2, 0.25) is 0 Å². The number of ether oxygens (including phenoxy) is 5. The molecule has 1 aliphatic rings. The molecule has 0 unspecified atom stereocenters. The van der Waals surface area contributed by atoms with E-state index in [1.165, 1.54) is 11.3 Å². The second kappa shape index (κ2) is 17.4. The third kappa shape index (κ3) is 10.1. The molecule has 3 aromatic carbocycles. The van der Waals surface area contributed by atoms with Crippen LogP contribution in [0.3, 0.4) is 0 Å². The number of morpholine rings is 1. The van der Waals surface area contributed by atoms with Gasteiger partial charge in [-0.05, 0) is 52.6 Å². The molecule has 232 valence electrons. The summed E-state index contributed by atoms with van der Waals surface area (Å²) in [5, 5.41) is 0. The van der Waals surface area contributed by atoms with E-state index in [1.807, 2.05) is 36.5 Å². The largest absolute Gasteiger partial charge is 0.497 e. The summed E-state index contributed by atoms with van der Waals surface area (Å²) >= 11 is 0. The Balaban J connectivity index is 1.11. The fraction of sp³-hybridized carbons (Fsp3) is 0.361. The molecule has 44 heavy (non-hydrogen) atoms. The third-order valence-corrected chi connectivity index (χ3v) is 7.45. The van der Waals surface area contributed by atoms with Gasteiger partial charge in [0.15, 0.2) is 0 Å². The molecule has 0 spiro atoms. The third-order valence-electron chi connectivity index (χ3n) is 7.45. The fourth-order valence-corrected chi connectivity index (χ4v) is 5.04. The maximum absolute atomic E-state index is 5.83. The van der Waals surface area contributed by atoms with Crippen LogP contribution >= 0.6 is 0 Å². The first-order valence-corrected chi connectivity index (χ1v) is 15.3. The summed E-state index contributed by atoms with van der Waals surface area (Å²) in [6.07, 6.45) is 1.90. The highest BCUT2D eigenvalue weighted by atomic mass is 16.5. The number of methoxy groups -OCH3 is 1. The fourth-order valence-electron chi connectivity index (χ4n) is 5.04. The molecule has 2 heterocycles. The van der Waals surface area contributed by atoms with Gasteiger partial charge >= 0.3 is 0 Å². The predicted octanol–water partition coefficient (Wildman–Crippen LogP) is 5.88. The minimum Gasteiger partial charge on any atom is -0.497 e. The summed E-state index contributed by atoms with van der Waals surface area (Å²) in [7, 11) is 1.70. The lowest BCUT2D eigenvalue weighted by atomic mass is 10.1. The van der Waals surface area contributed by atoms with Crippen molar-refractivity contribution in [3.05, 3.63) is 119 Å². The molecule has 0 saturated carbocycles. The summed E-state index contributed by atoms with van der Waals surface area (Å²) in [6.45, 7) is 8.09. The van der Waals surface area contributed by atoms with Crippen molar-refractivity contribution >= 4 is 11.5 Å². The van der Waals surface area contributed by atoms with Crippen molar-refractivity contribution in [2.75, 3.05) is 69.6 Å². The molecule has 8 heteroatoms. The average molecular weight is 598 g/mol. The number of nitrogens with zero attached hydrogens (tertiary/aromatic N) is 3. The van der Waals surface area contributed by atoms with Crippen molar-refractivity contribution in [1.29, 1.82) is 0 Å². The number of benzene rings is 3. The van der Waals surface area contributed by atoms with E-state index in [0.29, 0.717) is 46.2 Å². The van der Waals surface area contributed by atoms with Crippen molar-refractivity contribution in [2.45, 2.75) is 26.3 Å². The molecule has 1 aromatic heterocycles. The van der Waals surface area contributed by atoms with Gasteiger partial charge in [0.1, 0.15) is 11.6 Å². The molecule has 1 aliphatic heterocycles. The highest BCUT2D eigenvalue weighted by Gasteiger charge is 2.14. The van der Waals surface area contributed by atoms with Gasteiger partial charge in [-0.1, -0.05) is 60.7 Å². The molecule has 0 N–H and O–H groups in total. The van der Waals surface area contributed by atoms with E-state index in [0.717, 1.165) is 61.1 Å². The number of rotatable bonds is 17. The average Bonchev–Trinajstić information content (AvgIpc) is 3.09. The highest BCUT2D eigenvalue weighted by Crippen LogP contribution is 2.23. The zero-order valence-corrected chi connectivity index (χ0v) is 25.6. The first kappa shape index (κ1) is 31.5. The Labute approximate surface area is 261 Å². The van der Waals surface area contributed by atoms with Crippen LogP contribution in [0.1, 0.15) is 22.3 Å². The quantitative estimate of drug-likeness (QED) is 0.140. The van der Waals surface area contributed by atoms with Crippen LogP contribution in [0.2, 0.25) is 0 Å². The SMILES string of the molecule is COc1cccc(CN(Cc2ccc(N3CCOCC3)cc2)c2ccc(COCCOCCOCc3ccccc3)cn2)c1. The van der Waals surface area contributed by atoms with E-state index in [9.17, 15) is 0 Å². The summed E-state index contributed by atoms with van der Waals surface area (Å²) in [5.41, 5.74) is 5.81. The van der Waals surface area contributed by atoms with Crippen LogP contribution in [0.4, 0.5) is 11.5 Å². The lowest BCUT2D eigenvalue weighted by Gasteiger charge is -2.29. The summed E-state index contributed by atoms with van der Waals surface area (Å²) in [5.74, 6) is 1.76. The maximum atomic E-state index is 5.83. The van der Waals surface area contributed by atoms with Gasteiger partial charge in [0.25, 0.3) is 0 Å². The second-order valence-electron chi connectivity index (χ2n) is 10.7. The van der Waals surface area contributed by atoms with Gasteiger partial charge in [-0.2, -0.15) is 0 Å². The van der Waals surface area contributed by atoms with E-state index in [2.05, 4.69) is 70.5 Å². The molecule has 8 nitrogen and oxygen atoms in total. The lowest BCUT2D eigenvalue weighted by molar-refractivity contribution is 0.00700. The number of aromatic nitrogens is 1. The Morgan fingerprint density at radius 1 is 0.682 bits per heavy atom. The van der Waals surface area contributed by atoms with Crippen LogP contribution in [-0.2, 0) is 45.3 Å². The van der Waals surface area contributed by atoms with Crippen LogP contribution in [0, 0.1) is 0 Å². The monoisotopic (exact) mass is 597 g/mol. The van der Waals surface area contributed by atoms with Gasteiger partial charge in [0.05, 0.1) is 60.0 Å². The molecular formula is C36H43N3O5. The minimum atomic E-state index is 0.486. The topological polar surface area (TPSA) is 65.5 Å². The summed E-state index contributed by atoms with van der Waals surface area (Å²) in [4.78, 5) is 9.48. The maximum Gasteiger partial charge on any atom is 0.129 e. The van der Waals surface area contributed by atoms with Crippen LogP contribution in [0.5, 0.6) is 5.75 Å². The predicted molar refractivity (Wildman–Crippen MR) is 173 cm³/mol. The Kier molecular flexibility index (Phi) is 12.4. The number of anilines is 2. The van der Waals surface area contributed by atoms with E-state index in [1.54, 1.807) is 7.11 Å². The Morgan fingerprint density at radius 3 is 2.05 bits per heavy atom. The van der Waals surface area contributed by atoms with E-state index < -0.39 is 0 Å². The summed E-state index contributed by atoms with van der Waals surface area (Å²) < 4.78 is 28.1. The number of pyridine rings is 1. The van der Waals surface area contributed by atoms with Gasteiger partial charge in [-0.15, -0.1) is 0 Å². The van der Waals surface area contributed by atoms with Crippen molar-refractivity contribution < 1.29 is 23.7 Å². The second-order valence-corrected chi connectivity index (χ2v) is 10.7. The molecular weight excluding hydrogens is 554 g/mol. The van der Waals surface area contributed by atoms with Gasteiger partial charge < -0.3 is 33.5 Å². The van der Waals surface area contributed by atoms with E-state index >= 15 is 0 Å². The molecule has 0 radical (unpaired) electrons. The standard InChI is InChI=1S/C36H43N3O5/c1-40-35-9-5-8-32(24-35)27-39(26-30-10-13-34(14-11-30)38-16-18-41-19-17-38)36-15-12-33(25-37-36)29-44-23-21-42-20-22-43-28-31-6-3-2-4-7-31/h2-15,24-25H,16-23,26-29H2,1H3. The highest BCUT2D eigenvalue weighted by molar-refractivity contribution is 5.49. The van der Waals surface area contributed by atoms with Crippen molar-refractivity contribution in [3.8, 4) is 5.75 Å². The molecule has 5 rings (SSSR count). The first-order chi connectivity index (χ1) is 21.8. The smallest absolute Gasteiger partial charge is 0.129 e. The summed E-state index contributed by atoms with van der Waals surface area (Å²) in [6, 6.07) is 31.3. The lowest BCUT2D eigenvalue weighted by Crippen LogP contribution is -2.36. The molecule has 0 atom stereocenters. The zero-order chi connectivity index (χ0) is 30.2.